The summed E-state index contributed by atoms with van der Waals surface area (Å²) in [5.74, 6) is -0.847. The molecular weight excluding hydrogens is 351 g/mol. The predicted octanol–water partition coefficient (Wildman–Crippen LogP) is 2.67. The molecule has 0 fully saturated rings. The minimum Gasteiger partial charge on any atom is -0.271 e. The van der Waals surface area contributed by atoms with E-state index in [9.17, 15) is 9.59 Å². The molecule has 0 radical (unpaired) electrons. The highest BCUT2D eigenvalue weighted by molar-refractivity contribution is 6.42. The maximum atomic E-state index is 11.8. The first kappa shape index (κ1) is 18.0. The van der Waals surface area contributed by atoms with Gasteiger partial charge in [0.05, 0.1) is 15.7 Å². The molecule has 1 aromatic carbocycles. The number of hydrogen-bond acceptors (Lipinski definition) is 3. The Bertz CT molecular complexity index is 799. The van der Waals surface area contributed by atoms with Gasteiger partial charge in [0.15, 0.2) is 0 Å². The molecule has 0 aliphatic carbocycles. The van der Waals surface area contributed by atoms with Gasteiger partial charge in [0.25, 0.3) is 11.8 Å². The van der Waals surface area contributed by atoms with Crippen molar-refractivity contribution in [3.8, 4) is 0 Å². The van der Waals surface area contributed by atoms with Crippen molar-refractivity contribution in [2.45, 2.75) is 20.4 Å². The van der Waals surface area contributed by atoms with Crippen molar-refractivity contribution in [1.82, 2.24) is 20.6 Å². The normalized spacial score (nSPS) is 10.8. The summed E-state index contributed by atoms with van der Waals surface area (Å²) in [7, 11) is 0. The fraction of sp³-hybridized carbons (Fsp3) is 0.188. The molecule has 0 unspecified atom stereocenters. The first-order chi connectivity index (χ1) is 11.3. The molecule has 0 saturated heterocycles. The van der Waals surface area contributed by atoms with Crippen molar-refractivity contribution in [1.29, 1.82) is 0 Å². The van der Waals surface area contributed by atoms with Crippen LogP contribution in [0.15, 0.2) is 30.3 Å². The Labute approximate surface area is 149 Å². The number of benzene rings is 1. The molecule has 1 aromatic heterocycles. The third-order valence-electron chi connectivity index (χ3n) is 3.09. The molecule has 2 aromatic rings. The van der Waals surface area contributed by atoms with Crippen LogP contribution in [-0.2, 0) is 16.1 Å². The molecule has 0 aliphatic rings. The van der Waals surface area contributed by atoms with E-state index in [1.807, 2.05) is 19.9 Å². The lowest BCUT2D eigenvalue weighted by Crippen LogP contribution is -2.42. The van der Waals surface area contributed by atoms with E-state index < -0.39 is 5.91 Å². The molecule has 8 heteroatoms. The number of nitrogens with one attached hydrogen (secondary N) is 2. The Morgan fingerprint density at radius 1 is 1.17 bits per heavy atom. The highest BCUT2D eigenvalue weighted by Crippen LogP contribution is 2.22. The number of hydrazine groups is 1. The lowest BCUT2D eigenvalue weighted by atomic mass is 10.2. The molecule has 126 valence electrons. The highest BCUT2D eigenvalue weighted by Gasteiger charge is 2.07. The minimum atomic E-state index is -0.470. The molecule has 6 nitrogen and oxygen atoms in total. The van der Waals surface area contributed by atoms with Crippen molar-refractivity contribution in [2.75, 3.05) is 0 Å². The van der Waals surface area contributed by atoms with Crippen LogP contribution in [0.3, 0.4) is 0 Å². The second-order valence-electron chi connectivity index (χ2n) is 5.13. The van der Waals surface area contributed by atoms with Gasteiger partial charge in [0.1, 0.15) is 6.54 Å². The summed E-state index contributed by atoms with van der Waals surface area (Å²) >= 11 is 11.7. The fourth-order valence-corrected chi connectivity index (χ4v) is 2.28. The maximum Gasteiger partial charge on any atom is 0.262 e. The van der Waals surface area contributed by atoms with Gasteiger partial charge in [-0.05, 0) is 43.7 Å². The summed E-state index contributed by atoms with van der Waals surface area (Å²) in [5, 5.41) is 5.01. The van der Waals surface area contributed by atoms with Crippen LogP contribution < -0.4 is 10.9 Å². The van der Waals surface area contributed by atoms with Crippen molar-refractivity contribution >= 4 is 41.1 Å². The molecule has 0 atom stereocenters. The van der Waals surface area contributed by atoms with Crippen LogP contribution >= 0.6 is 23.2 Å². The number of amides is 2. The van der Waals surface area contributed by atoms with E-state index in [-0.39, 0.29) is 12.5 Å². The third-order valence-corrected chi connectivity index (χ3v) is 3.83. The summed E-state index contributed by atoms with van der Waals surface area (Å²) in [4.78, 5) is 23.5. The molecule has 2 amide bonds. The number of nitrogens with zero attached hydrogens (tertiary/aromatic N) is 2. The highest BCUT2D eigenvalue weighted by atomic mass is 35.5. The van der Waals surface area contributed by atoms with Gasteiger partial charge in [-0.3, -0.25) is 25.1 Å². The SMILES string of the molecule is Cc1cc(C)n(CC(=O)NNC(=O)/C=C/c2ccc(Cl)c(Cl)c2)n1. The number of aryl methyl sites for hydroxylation is 2. The van der Waals surface area contributed by atoms with Gasteiger partial charge in [-0.2, -0.15) is 5.10 Å². The Kier molecular flexibility index (Phi) is 6.00. The van der Waals surface area contributed by atoms with E-state index in [1.165, 1.54) is 6.08 Å². The first-order valence-electron chi connectivity index (χ1n) is 7.08. The summed E-state index contributed by atoms with van der Waals surface area (Å²) in [6, 6.07) is 6.86. The standard InChI is InChI=1S/C16H16Cl2N4O2/c1-10-7-11(2)22(21-10)9-16(24)20-19-15(23)6-4-12-3-5-13(17)14(18)8-12/h3-8H,9H2,1-2H3,(H,19,23)(H,20,24)/b6-4+. The van der Waals surface area contributed by atoms with E-state index in [1.54, 1.807) is 29.0 Å². The van der Waals surface area contributed by atoms with E-state index in [2.05, 4.69) is 16.0 Å². The van der Waals surface area contributed by atoms with Crippen molar-refractivity contribution in [3.63, 3.8) is 0 Å². The molecule has 0 bridgehead atoms. The zero-order chi connectivity index (χ0) is 17.7. The first-order valence-corrected chi connectivity index (χ1v) is 7.84. The molecule has 24 heavy (non-hydrogen) atoms. The van der Waals surface area contributed by atoms with E-state index >= 15 is 0 Å². The van der Waals surface area contributed by atoms with E-state index in [4.69, 9.17) is 23.2 Å². The monoisotopic (exact) mass is 366 g/mol. The van der Waals surface area contributed by atoms with Gasteiger partial charge < -0.3 is 0 Å². The molecule has 0 spiro atoms. The van der Waals surface area contributed by atoms with Crippen LogP contribution in [0.2, 0.25) is 10.0 Å². The number of hydrogen-bond donors (Lipinski definition) is 2. The molecule has 2 N–H and O–H groups in total. The van der Waals surface area contributed by atoms with Crippen LogP contribution in [0.4, 0.5) is 0 Å². The number of halogens is 2. The number of aromatic nitrogens is 2. The van der Waals surface area contributed by atoms with Gasteiger partial charge in [-0.15, -0.1) is 0 Å². The van der Waals surface area contributed by atoms with Crippen LogP contribution in [0, 0.1) is 13.8 Å². The minimum absolute atomic E-state index is 0.0243. The predicted molar refractivity (Wildman–Crippen MR) is 93.5 cm³/mol. The Hall–Kier alpha value is -2.31. The lowest BCUT2D eigenvalue weighted by Gasteiger charge is -2.06. The topological polar surface area (TPSA) is 76.0 Å². The Morgan fingerprint density at radius 3 is 2.54 bits per heavy atom. The summed E-state index contributed by atoms with van der Waals surface area (Å²) < 4.78 is 1.56. The van der Waals surface area contributed by atoms with Gasteiger partial charge in [-0.25, -0.2) is 0 Å². The average Bonchev–Trinajstić information content (AvgIpc) is 2.84. The molecule has 0 saturated carbocycles. The van der Waals surface area contributed by atoms with E-state index in [0.717, 1.165) is 11.4 Å². The van der Waals surface area contributed by atoms with E-state index in [0.29, 0.717) is 15.6 Å². The zero-order valence-electron chi connectivity index (χ0n) is 13.1. The Balaban J connectivity index is 1.84. The van der Waals surface area contributed by atoms with Crippen molar-refractivity contribution < 1.29 is 9.59 Å². The summed E-state index contributed by atoms with van der Waals surface area (Å²) in [6.45, 7) is 3.72. The van der Waals surface area contributed by atoms with Crippen LogP contribution in [0.25, 0.3) is 6.08 Å². The van der Waals surface area contributed by atoms with Crippen molar-refractivity contribution in [3.05, 3.63) is 57.3 Å². The second kappa shape index (κ2) is 7.99. The van der Waals surface area contributed by atoms with Crippen LogP contribution in [0.5, 0.6) is 0 Å². The lowest BCUT2D eigenvalue weighted by molar-refractivity contribution is -0.127. The second-order valence-corrected chi connectivity index (χ2v) is 5.94. The Morgan fingerprint density at radius 2 is 1.92 bits per heavy atom. The molecule has 1 heterocycles. The number of carbonyl (C=O) groups excluding carboxylic acids is 2. The van der Waals surface area contributed by atoms with Crippen LogP contribution in [0.1, 0.15) is 17.0 Å². The van der Waals surface area contributed by atoms with Crippen LogP contribution in [-0.4, -0.2) is 21.6 Å². The van der Waals surface area contributed by atoms with Gasteiger partial charge in [0, 0.05) is 11.8 Å². The van der Waals surface area contributed by atoms with Gasteiger partial charge in [-0.1, -0.05) is 29.3 Å². The number of carbonyl (C=O) groups is 2. The average molecular weight is 367 g/mol. The third kappa shape index (κ3) is 5.11. The maximum absolute atomic E-state index is 11.8. The zero-order valence-corrected chi connectivity index (χ0v) is 14.6. The quantitative estimate of drug-likeness (QED) is 0.645. The summed E-state index contributed by atoms with van der Waals surface area (Å²) in [6.07, 6.45) is 2.84. The van der Waals surface area contributed by atoms with Gasteiger partial charge in [0.2, 0.25) is 0 Å². The summed E-state index contributed by atoms with van der Waals surface area (Å²) in [5.41, 5.74) is 7.04. The molecular formula is C16H16Cl2N4O2. The molecule has 2 rings (SSSR count). The van der Waals surface area contributed by atoms with Gasteiger partial charge >= 0.3 is 0 Å². The molecule has 0 aliphatic heterocycles. The fourth-order valence-electron chi connectivity index (χ4n) is 1.97. The largest absolute Gasteiger partial charge is 0.271 e. The van der Waals surface area contributed by atoms with Crippen molar-refractivity contribution in [2.24, 2.45) is 0 Å². The smallest absolute Gasteiger partial charge is 0.262 e. The number of rotatable bonds is 4.